The van der Waals surface area contributed by atoms with Gasteiger partial charge in [0.05, 0.1) is 12.2 Å². The maximum atomic E-state index is 12.5. The van der Waals surface area contributed by atoms with Gasteiger partial charge < -0.3 is 10.1 Å². The Labute approximate surface area is 103 Å². The van der Waals surface area contributed by atoms with Crippen LogP contribution in [0.25, 0.3) is 0 Å². The van der Waals surface area contributed by atoms with Gasteiger partial charge in [0.15, 0.2) is 0 Å². The van der Waals surface area contributed by atoms with Crippen molar-refractivity contribution in [2.45, 2.75) is 25.6 Å². The zero-order valence-electron chi connectivity index (χ0n) is 10.00. The van der Waals surface area contributed by atoms with Gasteiger partial charge in [-0.05, 0) is 25.5 Å². The maximum Gasteiger partial charge on any atom is 0.416 e. The monoisotopic (exact) mass is 260 g/mol. The van der Waals surface area contributed by atoms with E-state index in [1.165, 1.54) is 6.20 Å². The minimum Gasteiger partial charge on any atom is -0.381 e. The number of rotatable bonds is 3. The third-order valence-electron chi connectivity index (χ3n) is 3.13. The molecule has 1 aromatic heterocycles. The van der Waals surface area contributed by atoms with Crippen molar-refractivity contribution in [2.24, 2.45) is 5.92 Å². The maximum absolute atomic E-state index is 12.5. The number of hydrogen-bond acceptors (Lipinski definition) is 3. The van der Waals surface area contributed by atoms with Crippen LogP contribution in [0.5, 0.6) is 0 Å². The van der Waals surface area contributed by atoms with Gasteiger partial charge in [0.2, 0.25) is 0 Å². The summed E-state index contributed by atoms with van der Waals surface area (Å²) in [5.41, 5.74) is -0.685. The lowest BCUT2D eigenvalue weighted by atomic mass is 10.0. The number of hydrogen-bond donors (Lipinski definition) is 1. The van der Waals surface area contributed by atoms with Crippen LogP contribution < -0.4 is 5.32 Å². The van der Waals surface area contributed by atoms with Crippen molar-refractivity contribution in [1.82, 2.24) is 4.98 Å². The fraction of sp³-hybridized carbons (Fsp3) is 0.583. The molecule has 2 heterocycles. The second-order valence-electron chi connectivity index (χ2n) is 4.48. The molecule has 0 aromatic carbocycles. The zero-order valence-corrected chi connectivity index (χ0v) is 10.00. The zero-order chi connectivity index (χ0) is 13.2. The number of ether oxygens (including phenoxy) is 1. The van der Waals surface area contributed by atoms with Crippen molar-refractivity contribution in [2.75, 3.05) is 18.5 Å². The van der Waals surface area contributed by atoms with Crippen LogP contribution in [-0.2, 0) is 10.9 Å². The third kappa shape index (κ3) is 3.13. The van der Waals surface area contributed by atoms with Gasteiger partial charge in [0, 0.05) is 24.8 Å². The van der Waals surface area contributed by atoms with E-state index in [9.17, 15) is 13.2 Å². The Kier molecular flexibility index (Phi) is 3.75. The molecule has 18 heavy (non-hydrogen) atoms. The van der Waals surface area contributed by atoms with Gasteiger partial charge >= 0.3 is 6.18 Å². The first-order valence-electron chi connectivity index (χ1n) is 5.84. The van der Waals surface area contributed by atoms with E-state index in [0.29, 0.717) is 19.1 Å². The van der Waals surface area contributed by atoms with Crippen molar-refractivity contribution >= 4 is 5.82 Å². The Balaban J connectivity index is 2.04. The average Bonchev–Trinajstić information content (AvgIpc) is 2.81. The Morgan fingerprint density at radius 3 is 2.89 bits per heavy atom. The second kappa shape index (κ2) is 5.14. The van der Waals surface area contributed by atoms with Crippen LogP contribution in [0.1, 0.15) is 18.9 Å². The molecule has 1 fully saturated rings. The van der Waals surface area contributed by atoms with Gasteiger partial charge in [-0.3, -0.25) is 0 Å². The van der Waals surface area contributed by atoms with E-state index in [2.05, 4.69) is 10.3 Å². The van der Waals surface area contributed by atoms with E-state index < -0.39 is 11.7 Å². The molecule has 1 aliphatic heterocycles. The van der Waals surface area contributed by atoms with Crippen molar-refractivity contribution in [3.05, 3.63) is 23.9 Å². The van der Waals surface area contributed by atoms with Crippen molar-refractivity contribution in [3.8, 4) is 0 Å². The quantitative estimate of drug-likeness (QED) is 0.907. The predicted molar refractivity (Wildman–Crippen MR) is 61.2 cm³/mol. The van der Waals surface area contributed by atoms with Gasteiger partial charge in [-0.25, -0.2) is 4.98 Å². The van der Waals surface area contributed by atoms with Gasteiger partial charge in [0.1, 0.15) is 5.82 Å². The number of anilines is 1. The van der Waals surface area contributed by atoms with Crippen molar-refractivity contribution in [1.29, 1.82) is 0 Å². The summed E-state index contributed by atoms with van der Waals surface area (Å²) in [5.74, 6) is 0.575. The summed E-state index contributed by atoms with van der Waals surface area (Å²) in [6.07, 6.45) is -2.24. The summed E-state index contributed by atoms with van der Waals surface area (Å²) >= 11 is 0. The summed E-state index contributed by atoms with van der Waals surface area (Å²) in [4.78, 5) is 3.91. The van der Waals surface area contributed by atoms with Crippen molar-refractivity contribution < 1.29 is 17.9 Å². The Bertz CT molecular complexity index is 403. The Morgan fingerprint density at radius 2 is 2.28 bits per heavy atom. The molecule has 100 valence electrons. The molecule has 0 saturated carbocycles. The first kappa shape index (κ1) is 13.1. The van der Waals surface area contributed by atoms with Gasteiger partial charge in [0.25, 0.3) is 0 Å². The number of halogens is 3. The Morgan fingerprint density at radius 1 is 1.50 bits per heavy atom. The van der Waals surface area contributed by atoms with E-state index in [0.717, 1.165) is 18.6 Å². The third-order valence-corrected chi connectivity index (χ3v) is 3.13. The molecule has 0 aliphatic carbocycles. The number of aromatic nitrogens is 1. The highest BCUT2D eigenvalue weighted by Gasteiger charge is 2.31. The molecule has 0 radical (unpaired) electrons. The van der Waals surface area contributed by atoms with Gasteiger partial charge in [-0.15, -0.1) is 0 Å². The number of pyridine rings is 1. The highest BCUT2D eigenvalue weighted by Crippen LogP contribution is 2.30. The molecule has 0 bridgehead atoms. The molecule has 1 aromatic rings. The van der Waals surface area contributed by atoms with Crippen molar-refractivity contribution in [3.63, 3.8) is 0 Å². The minimum absolute atomic E-state index is 0.0449. The lowest BCUT2D eigenvalue weighted by Crippen LogP contribution is -2.26. The summed E-state index contributed by atoms with van der Waals surface area (Å²) in [7, 11) is 0. The van der Waals surface area contributed by atoms with Gasteiger partial charge in [-0.2, -0.15) is 13.2 Å². The summed E-state index contributed by atoms with van der Waals surface area (Å²) in [6.45, 7) is 3.29. The van der Waals surface area contributed by atoms with E-state index in [-0.39, 0.29) is 11.9 Å². The van der Waals surface area contributed by atoms with Crippen LogP contribution in [0.15, 0.2) is 18.3 Å². The number of nitrogens with one attached hydrogen (secondary N) is 1. The number of nitrogens with zero attached hydrogens (tertiary/aromatic N) is 1. The summed E-state index contributed by atoms with van der Waals surface area (Å²) in [6, 6.07) is 2.05. The van der Waals surface area contributed by atoms with Crippen LogP contribution in [-0.4, -0.2) is 24.2 Å². The van der Waals surface area contributed by atoms with E-state index in [1.54, 1.807) is 0 Å². The first-order valence-corrected chi connectivity index (χ1v) is 5.84. The fourth-order valence-corrected chi connectivity index (χ4v) is 1.98. The number of alkyl halides is 3. The largest absolute Gasteiger partial charge is 0.416 e. The van der Waals surface area contributed by atoms with E-state index in [1.807, 2.05) is 6.92 Å². The van der Waals surface area contributed by atoms with E-state index >= 15 is 0 Å². The van der Waals surface area contributed by atoms with E-state index in [4.69, 9.17) is 4.74 Å². The molecule has 0 amide bonds. The second-order valence-corrected chi connectivity index (χ2v) is 4.48. The highest BCUT2D eigenvalue weighted by atomic mass is 19.4. The summed E-state index contributed by atoms with van der Waals surface area (Å²) in [5, 5.41) is 3.01. The molecule has 0 spiro atoms. The predicted octanol–water partition coefficient (Wildman–Crippen LogP) is 2.94. The molecule has 1 saturated heterocycles. The standard InChI is InChI=1S/C12H15F3N2O/c1-8(9-3-5-18-7-9)17-11-6-10(2-4-16-11)12(13,14)15/h2,4,6,8-9H,3,5,7H2,1H3,(H,16,17). The molecular weight excluding hydrogens is 245 g/mol. The smallest absolute Gasteiger partial charge is 0.381 e. The van der Waals surface area contributed by atoms with Crippen LogP contribution in [0.4, 0.5) is 19.0 Å². The topological polar surface area (TPSA) is 34.2 Å². The molecule has 2 atom stereocenters. The fourth-order valence-electron chi connectivity index (χ4n) is 1.98. The minimum atomic E-state index is -4.33. The molecule has 2 unspecified atom stereocenters. The Hall–Kier alpha value is -1.30. The summed E-state index contributed by atoms with van der Waals surface area (Å²) < 4.78 is 42.8. The van der Waals surface area contributed by atoms with Crippen LogP contribution >= 0.6 is 0 Å². The lowest BCUT2D eigenvalue weighted by Gasteiger charge is -2.20. The molecular formula is C12H15F3N2O. The van der Waals surface area contributed by atoms with Gasteiger partial charge in [-0.1, -0.05) is 0 Å². The van der Waals surface area contributed by atoms with Crippen LogP contribution in [0.2, 0.25) is 0 Å². The molecule has 1 N–H and O–H groups in total. The van der Waals surface area contributed by atoms with Crippen LogP contribution in [0.3, 0.4) is 0 Å². The molecule has 3 nitrogen and oxygen atoms in total. The normalized spacial score (nSPS) is 21.9. The molecule has 1 aliphatic rings. The lowest BCUT2D eigenvalue weighted by molar-refractivity contribution is -0.137. The van der Waals surface area contributed by atoms with Crippen LogP contribution in [0, 0.1) is 5.92 Å². The first-order chi connectivity index (χ1) is 8.47. The molecule has 2 rings (SSSR count). The molecule has 6 heteroatoms. The highest BCUT2D eigenvalue weighted by molar-refractivity contribution is 5.39. The SMILES string of the molecule is CC(Nc1cc(C(F)(F)F)ccn1)C1CCOC1. The average molecular weight is 260 g/mol.